The molecule has 0 unspecified atom stereocenters. The highest BCUT2D eigenvalue weighted by Crippen LogP contribution is 2.23. The first kappa shape index (κ1) is 14.5. The Kier molecular flexibility index (Phi) is 5.17. The van der Waals surface area contributed by atoms with Gasteiger partial charge in [-0.05, 0) is 41.1 Å². The summed E-state index contributed by atoms with van der Waals surface area (Å²) in [4.78, 5) is 15.3. The molecule has 0 aliphatic rings. The maximum absolute atomic E-state index is 11.7. The maximum atomic E-state index is 11.7. The molecule has 1 aromatic rings. The smallest absolute Gasteiger partial charge is 0.241 e. The summed E-state index contributed by atoms with van der Waals surface area (Å²) in [5, 5.41) is 8.87. The highest BCUT2D eigenvalue weighted by molar-refractivity contribution is 9.10. The van der Waals surface area contributed by atoms with Gasteiger partial charge < -0.3 is 9.80 Å². The number of nitriles is 1. The molecule has 1 amide bonds. The molecule has 5 heteroatoms. The third-order valence-corrected chi connectivity index (χ3v) is 3.30. The lowest BCUT2D eigenvalue weighted by molar-refractivity contribution is -0.127. The third-order valence-electron chi connectivity index (χ3n) is 2.64. The molecular weight excluding hydrogens is 294 g/mol. The SMILES string of the molecule is CCN(CC(=O)N(C)C)c1ccc(C#N)c(Br)c1. The first-order valence-electron chi connectivity index (χ1n) is 5.64. The van der Waals surface area contributed by atoms with E-state index in [4.69, 9.17) is 5.26 Å². The van der Waals surface area contributed by atoms with E-state index in [1.807, 2.05) is 24.0 Å². The van der Waals surface area contributed by atoms with Crippen molar-refractivity contribution < 1.29 is 4.79 Å². The van der Waals surface area contributed by atoms with Crippen molar-refractivity contribution in [2.75, 3.05) is 32.1 Å². The zero-order chi connectivity index (χ0) is 13.7. The molecule has 4 nitrogen and oxygen atoms in total. The Bertz CT molecular complexity index is 480. The van der Waals surface area contributed by atoms with Crippen LogP contribution in [0.5, 0.6) is 0 Å². The molecule has 1 rings (SSSR count). The van der Waals surface area contributed by atoms with Gasteiger partial charge in [0.15, 0.2) is 0 Å². The number of likely N-dealkylation sites (N-methyl/N-ethyl adjacent to an activating group) is 2. The highest BCUT2D eigenvalue weighted by Gasteiger charge is 2.12. The van der Waals surface area contributed by atoms with Gasteiger partial charge in [-0.2, -0.15) is 5.26 Å². The van der Waals surface area contributed by atoms with Crippen LogP contribution in [0.1, 0.15) is 12.5 Å². The van der Waals surface area contributed by atoms with Crippen LogP contribution in [0.15, 0.2) is 22.7 Å². The van der Waals surface area contributed by atoms with E-state index in [1.165, 1.54) is 0 Å². The number of carbonyl (C=O) groups excluding carboxylic acids is 1. The minimum Gasteiger partial charge on any atom is -0.362 e. The molecule has 0 saturated heterocycles. The predicted molar refractivity (Wildman–Crippen MR) is 75.4 cm³/mol. The monoisotopic (exact) mass is 309 g/mol. The van der Waals surface area contributed by atoms with Crippen LogP contribution in [-0.4, -0.2) is 38.0 Å². The molecule has 0 aliphatic carbocycles. The van der Waals surface area contributed by atoms with E-state index in [0.717, 1.165) is 16.7 Å². The Morgan fingerprint density at radius 1 is 1.44 bits per heavy atom. The fourth-order valence-electron chi connectivity index (χ4n) is 1.48. The van der Waals surface area contributed by atoms with Crippen LogP contribution in [0.2, 0.25) is 0 Å². The number of hydrogen-bond acceptors (Lipinski definition) is 3. The van der Waals surface area contributed by atoms with Crippen molar-refractivity contribution in [2.24, 2.45) is 0 Å². The number of hydrogen-bond donors (Lipinski definition) is 0. The van der Waals surface area contributed by atoms with Gasteiger partial charge in [-0.25, -0.2) is 0 Å². The first-order chi connectivity index (χ1) is 8.49. The van der Waals surface area contributed by atoms with Gasteiger partial charge in [-0.1, -0.05) is 0 Å². The standard InChI is InChI=1S/C13H16BrN3O/c1-4-17(9-13(18)16(2)3)11-6-5-10(8-15)12(14)7-11/h5-7H,4,9H2,1-3H3. The van der Waals surface area contributed by atoms with E-state index in [2.05, 4.69) is 22.0 Å². The normalized spacial score (nSPS) is 9.72. The van der Waals surface area contributed by atoms with Gasteiger partial charge in [-0.15, -0.1) is 0 Å². The van der Waals surface area contributed by atoms with Crippen molar-refractivity contribution in [1.29, 1.82) is 5.26 Å². The topological polar surface area (TPSA) is 47.3 Å². The van der Waals surface area contributed by atoms with Gasteiger partial charge in [-0.3, -0.25) is 4.79 Å². The van der Waals surface area contributed by atoms with E-state index in [9.17, 15) is 4.79 Å². The van der Waals surface area contributed by atoms with Gasteiger partial charge in [0.25, 0.3) is 0 Å². The van der Waals surface area contributed by atoms with Crippen molar-refractivity contribution in [1.82, 2.24) is 4.90 Å². The molecule has 18 heavy (non-hydrogen) atoms. The summed E-state index contributed by atoms with van der Waals surface area (Å²) in [5.41, 5.74) is 1.52. The summed E-state index contributed by atoms with van der Waals surface area (Å²) in [5.74, 6) is 0.0531. The van der Waals surface area contributed by atoms with Crippen molar-refractivity contribution in [3.05, 3.63) is 28.2 Å². The largest absolute Gasteiger partial charge is 0.362 e. The van der Waals surface area contributed by atoms with Crippen molar-refractivity contribution in [3.63, 3.8) is 0 Å². The van der Waals surface area contributed by atoms with E-state index in [1.54, 1.807) is 25.1 Å². The van der Waals surface area contributed by atoms with E-state index >= 15 is 0 Å². The van der Waals surface area contributed by atoms with Crippen LogP contribution in [0, 0.1) is 11.3 Å². The van der Waals surface area contributed by atoms with Crippen molar-refractivity contribution in [3.8, 4) is 6.07 Å². The molecule has 0 bridgehead atoms. The second kappa shape index (κ2) is 6.41. The average Bonchev–Trinajstić information content (AvgIpc) is 2.35. The van der Waals surface area contributed by atoms with Crippen LogP contribution in [0.25, 0.3) is 0 Å². The molecule has 0 heterocycles. The number of nitrogens with zero attached hydrogens (tertiary/aromatic N) is 3. The number of carbonyl (C=O) groups is 1. The molecule has 0 N–H and O–H groups in total. The molecule has 0 aliphatic heterocycles. The first-order valence-corrected chi connectivity index (χ1v) is 6.43. The van der Waals surface area contributed by atoms with Gasteiger partial charge in [0.1, 0.15) is 6.07 Å². The minimum absolute atomic E-state index is 0.0531. The predicted octanol–water partition coefficient (Wildman–Crippen LogP) is 2.24. The number of rotatable bonds is 4. The fourth-order valence-corrected chi connectivity index (χ4v) is 1.94. The molecule has 0 saturated carbocycles. The van der Waals surface area contributed by atoms with E-state index in [-0.39, 0.29) is 5.91 Å². The lowest BCUT2D eigenvalue weighted by atomic mass is 10.2. The van der Waals surface area contributed by atoms with Crippen molar-refractivity contribution >= 4 is 27.5 Å². The van der Waals surface area contributed by atoms with Crippen LogP contribution in [0.4, 0.5) is 5.69 Å². The third kappa shape index (κ3) is 3.47. The molecule has 0 fully saturated rings. The Morgan fingerprint density at radius 3 is 2.56 bits per heavy atom. The van der Waals surface area contributed by atoms with Gasteiger partial charge in [0, 0.05) is 30.8 Å². The number of benzene rings is 1. The molecule has 96 valence electrons. The van der Waals surface area contributed by atoms with Gasteiger partial charge in [0.05, 0.1) is 12.1 Å². The highest BCUT2D eigenvalue weighted by atomic mass is 79.9. The summed E-state index contributed by atoms with van der Waals surface area (Å²) in [6.45, 7) is 3.06. The Labute approximate surface area is 116 Å². The summed E-state index contributed by atoms with van der Waals surface area (Å²) in [7, 11) is 3.48. The average molecular weight is 310 g/mol. The summed E-state index contributed by atoms with van der Waals surface area (Å²) >= 11 is 3.36. The van der Waals surface area contributed by atoms with Gasteiger partial charge >= 0.3 is 0 Å². The minimum atomic E-state index is 0.0531. The molecule has 0 aromatic heterocycles. The number of amides is 1. The van der Waals surface area contributed by atoms with E-state index < -0.39 is 0 Å². The Balaban J connectivity index is 2.93. The van der Waals surface area contributed by atoms with Crippen LogP contribution < -0.4 is 4.90 Å². The summed E-state index contributed by atoms with van der Waals surface area (Å²) < 4.78 is 0.748. The lowest BCUT2D eigenvalue weighted by Gasteiger charge is -2.24. The molecule has 1 aromatic carbocycles. The van der Waals surface area contributed by atoms with Gasteiger partial charge in [0.2, 0.25) is 5.91 Å². The zero-order valence-electron chi connectivity index (χ0n) is 10.8. The Hall–Kier alpha value is -1.54. The maximum Gasteiger partial charge on any atom is 0.241 e. The molecule has 0 spiro atoms. The number of halogens is 1. The van der Waals surface area contributed by atoms with Crippen LogP contribution in [0.3, 0.4) is 0 Å². The quantitative estimate of drug-likeness (QED) is 0.857. The summed E-state index contributed by atoms with van der Waals surface area (Å²) in [6.07, 6.45) is 0. The number of anilines is 1. The Morgan fingerprint density at radius 2 is 2.11 bits per heavy atom. The lowest BCUT2D eigenvalue weighted by Crippen LogP contribution is -2.36. The second-order valence-electron chi connectivity index (χ2n) is 4.08. The van der Waals surface area contributed by atoms with E-state index in [0.29, 0.717) is 12.1 Å². The molecular formula is C13H16BrN3O. The van der Waals surface area contributed by atoms with Crippen molar-refractivity contribution in [2.45, 2.75) is 6.92 Å². The summed E-state index contributed by atoms with van der Waals surface area (Å²) in [6, 6.07) is 7.57. The van der Waals surface area contributed by atoms with Crippen LogP contribution >= 0.6 is 15.9 Å². The molecule has 0 atom stereocenters. The zero-order valence-corrected chi connectivity index (χ0v) is 12.4. The second-order valence-corrected chi connectivity index (χ2v) is 4.93. The fraction of sp³-hybridized carbons (Fsp3) is 0.385. The molecule has 0 radical (unpaired) electrons. The van der Waals surface area contributed by atoms with Crippen LogP contribution in [-0.2, 0) is 4.79 Å².